The number of benzene rings is 2. The Morgan fingerprint density at radius 2 is 1.41 bits per heavy atom. The molecule has 4 rings (SSSR count). The second-order valence-corrected chi connectivity index (χ2v) is 6.80. The van der Waals surface area contributed by atoms with Crippen molar-refractivity contribution in [1.82, 2.24) is 4.90 Å². The Kier molecular flexibility index (Phi) is 7.78. The molecule has 1 amide bonds. The molecular formula is C23H28BrNO2. The average molecular weight is 430 g/mol. The lowest BCUT2D eigenvalue weighted by atomic mass is 9.83. The Bertz CT molecular complexity index is 802. The molecule has 2 aromatic carbocycles. The van der Waals surface area contributed by atoms with E-state index in [0.717, 1.165) is 28.4 Å². The van der Waals surface area contributed by atoms with Gasteiger partial charge in [-0.05, 0) is 23.6 Å². The van der Waals surface area contributed by atoms with Crippen LogP contribution in [0, 0.1) is 0 Å². The van der Waals surface area contributed by atoms with Crippen LogP contribution < -0.4 is 0 Å². The third-order valence-corrected chi connectivity index (χ3v) is 5.36. The number of carbonyl (C=O) groups is 2. The number of carbonyl (C=O) groups excluding carboxylic acids is 2. The van der Waals surface area contributed by atoms with Crippen molar-refractivity contribution >= 4 is 27.6 Å². The van der Waals surface area contributed by atoms with Crippen molar-refractivity contribution in [1.29, 1.82) is 0 Å². The molecule has 0 saturated heterocycles. The maximum Gasteiger partial charge on any atom is 0.254 e. The van der Waals surface area contributed by atoms with Crippen molar-refractivity contribution in [3.8, 4) is 0 Å². The zero-order valence-electron chi connectivity index (χ0n) is 16.5. The van der Waals surface area contributed by atoms with E-state index in [0.29, 0.717) is 12.1 Å². The Balaban J connectivity index is 0.000000614. The summed E-state index contributed by atoms with van der Waals surface area (Å²) >= 11 is 3.44. The smallest absolute Gasteiger partial charge is 0.254 e. The highest BCUT2D eigenvalue weighted by molar-refractivity contribution is 9.09. The summed E-state index contributed by atoms with van der Waals surface area (Å²) in [5.41, 5.74) is 3.29. The van der Waals surface area contributed by atoms with E-state index in [4.69, 9.17) is 0 Å². The maximum absolute atomic E-state index is 13.0. The highest BCUT2D eigenvalue weighted by Gasteiger charge is 2.49. The van der Waals surface area contributed by atoms with Gasteiger partial charge in [-0.1, -0.05) is 86.1 Å². The summed E-state index contributed by atoms with van der Waals surface area (Å²) in [5.74, 6) is -0.0988. The lowest BCUT2D eigenvalue weighted by Crippen LogP contribution is -2.42. The summed E-state index contributed by atoms with van der Waals surface area (Å²) in [6.07, 6.45) is 0.869. The fraction of sp³-hybridized carbons (Fsp3) is 0.391. The van der Waals surface area contributed by atoms with Gasteiger partial charge in [0.05, 0.1) is 12.0 Å². The van der Waals surface area contributed by atoms with Gasteiger partial charge in [-0.2, -0.15) is 0 Å². The molecule has 0 saturated carbocycles. The van der Waals surface area contributed by atoms with E-state index in [-0.39, 0.29) is 23.7 Å². The number of amides is 1. The monoisotopic (exact) mass is 429 g/mol. The number of Topliss-reactive ketones (excluding diaryl/α,β-unsaturated/α-hetero) is 1. The SMILES string of the molecule is CC.CC.O=C1c2ccccc2[C@@H]2[C@H]1c1ccccc1C(=O)N2CCCBr. The van der Waals surface area contributed by atoms with Gasteiger partial charge >= 0.3 is 0 Å². The summed E-state index contributed by atoms with van der Waals surface area (Å²) in [6.45, 7) is 8.65. The molecule has 0 aromatic heterocycles. The van der Waals surface area contributed by atoms with Gasteiger partial charge in [-0.3, -0.25) is 9.59 Å². The van der Waals surface area contributed by atoms with Gasteiger partial charge < -0.3 is 4.90 Å². The van der Waals surface area contributed by atoms with E-state index in [1.54, 1.807) is 0 Å². The van der Waals surface area contributed by atoms with Crippen LogP contribution >= 0.6 is 15.9 Å². The molecule has 0 spiro atoms. The number of ketones is 1. The molecule has 2 aliphatic rings. The fourth-order valence-electron chi connectivity index (χ4n) is 3.84. The first-order valence-corrected chi connectivity index (χ1v) is 10.9. The molecule has 2 aromatic rings. The molecule has 1 heterocycles. The average Bonchev–Trinajstić information content (AvgIpc) is 3.04. The number of hydrogen-bond donors (Lipinski definition) is 0. The van der Waals surface area contributed by atoms with Crippen molar-refractivity contribution in [2.75, 3.05) is 11.9 Å². The summed E-state index contributed by atoms with van der Waals surface area (Å²) in [4.78, 5) is 27.8. The number of rotatable bonds is 3. The largest absolute Gasteiger partial charge is 0.330 e. The molecule has 0 radical (unpaired) electrons. The van der Waals surface area contributed by atoms with E-state index in [1.807, 2.05) is 81.1 Å². The Hall–Kier alpha value is -1.94. The second-order valence-electron chi connectivity index (χ2n) is 6.00. The third kappa shape index (κ3) is 3.73. The van der Waals surface area contributed by atoms with E-state index < -0.39 is 0 Å². The van der Waals surface area contributed by atoms with Gasteiger partial charge in [-0.15, -0.1) is 0 Å². The highest BCUT2D eigenvalue weighted by atomic mass is 79.9. The Morgan fingerprint density at radius 3 is 2.04 bits per heavy atom. The topological polar surface area (TPSA) is 37.4 Å². The van der Waals surface area contributed by atoms with E-state index in [1.165, 1.54) is 0 Å². The third-order valence-electron chi connectivity index (χ3n) is 4.80. The summed E-state index contributed by atoms with van der Waals surface area (Å²) < 4.78 is 0. The predicted octanol–water partition coefficient (Wildman–Crippen LogP) is 6.00. The first-order chi connectivity index (χ1) is 13.2. The quantitative estimate of drug-likeness (QED) is 0.560. The number of fused-ring (bicyclic) bond motifs is 5. The van der Waals surface area contributed by atoms with Gasteiger partial charge in [0.2, 0.25) is 0 Å². The Labute approximate surface area is 170 Å². The van der Waals surface area contributed by atoms with Crippen LogP contribution in [0.1, 0.15) is 77.9 Å². The summed E-state index contributed by atoms with van der Waals surface area (Å²) in [7, 11) is 0. The minimum Gasteiger partial charge on any atom is -0.330 e. The molecule has 0 unspecified atom stereocenters. The zero-order valence-corrected chi connectivity index (χ0v) is 18.1. The minimum atomic E-state index is -0.267. The van der Waals surface area contributed by atoms with Crippen LogP contribution in [-0.4, -0.2) is 28.5 Å². The van der Waals surface area contributed by atoms with Crippen LogP contribution in [0.4, 0.5) is 0 Å². The van der Waals surface area contributed by atoms with Crippen LogP contribution in [-0.2, 0) is 0 Å². The van der Waals surface area contributed by atoms with Gasteiger partial charge in [0.15, 0.2) is 5.78 Å². The van der Waals surface area contributed by atoms with Crippen molar-refractivity contribution in [2.24, 2.45) is 0 Å². The van der Waals surface area contributed by atoms with Crippen LogP contribution in [0.25, 0.3) is 0 Å². The van der Waals surface area contributed by atoms with Crippen molar-refractivity contribution in [3.05, 3.63) is 70.8 Å². The molecule has 0 bridgehead atoms. The number of halogens is 1. The van der Waals surface area contributed by atoms with Crippen LogP contribution in [0.3, 0.4) is 0 Å². The van der Waals surface area contributed by atoms with Crippen molar-refractivity contribution in [3.63, 3.8) is 0 Å². The molecule has 1 aliphatic carbocycles. The molecule has 27 heavy (non-hydrogen) atoms. The standard InChI is InChI=1S/C19H16BrNO2.2C2H6/c20-10-5-11-21-17-13-7-2-3-8-14(13)18(22)16(17)12-6-1-4-9-15(12)19(21)23;2*1-2/h1-4,6-9,16-17H,5,10-11H2;2*1-2H3/t16-,17-;;/m1../s1. The van der Waals surface area contributed by atoms with E-state index in [2.05, 4.69) is 15.9 Å². The summed E-state index contributed by atoms with van der Waals surface area (Å²) in [5, 5.41) is 0.839. The van der Waals surface area contributed by atoms with Gasteiger partial charge in [0.25, 0.3) is 5.91 Å². The maximum atomic E-state index is 13.0. The van der Waals surface area contributed by atoms with Crippen LogP contribution in [0.2, 0.25) is 0 Å². The Morgan fingerprint density at radius 1 is 0.852 bits per heavy atom. The minimum absolute atomic E-state index is 0.0345. The lowest BCUT2D eigenvalue weighted by Gasteiger charge is -2.38. The molecule has 1 aliphatic heterocycles. The lowest BCUT2D eigenvalue weighted by molar-refractivity contribution is 0.0609. The number of hydrogen-bond acceptors (Lipinski definition) is 2. The van der Waals surface area contributed by atoms with Crippen LogP contribution in [0.15, 0.2) is 48.5 Å². The first-order valence-electron chi connectivity index (χ1n) is 9.83. The zero-order chi connectivity index (χ0) is 20.0. The van der Waals surface area contributed by atoms with Crippen LogP contribution in [0.5, 0.6) is 0 Å². The van der Waals surface area contributed by atoms with Gasteiger partial charge in [0.1, 0.15) is 0 Å². The second kappa shape index (κ2) is 9.84. The summed E-state index contributed by atoms with van der Waals surface area (Å²) in [6, 6.07) is 15.1. The first kappa shape index (κ1) is 21.4. The molecule has 144 valence electrons. The molecular weight excluding hydrogens is 402 g/mol. The molecule has 4 heteroatoms. The fourth-order valence-corrected chi connectivity index (χ4v) is 4.09. The number of alkyl halides is 1. The van der Waals surface area contributed by atoms with Crippen molar-refractivity contribution < 1.29 is 9.59 Å². The van der Waals surface area contributed by atoms with Gasteiger partial charge in [-0.25, -0.2) is 0 Å². The predicted molar refractivity (Wildman–Crippen MR) is 115 cm³/mol. The molecule has 2 atom stereocenters. The van der Waals surface area contributed by atoms with Crippen molar-refractivity contribution in [2.45, 2.75) is 46.1 Å². The van der Waals surface area contributed by atoms with E-state index in [9.17, 15) is 9.59 Å². The molecule has 0 fully saturated rings. The molecule has 0 N–H and O–H groups in total. The normalized spacial score (nSPS) is 19.1. The highest BCUT2D eigenvalue weighted by Crippen LogP contribution is 2.50. The molecule has 3 nitrogen and oxygen atoms in total. The van der Waals surface area contributed by atoms with E-state index >= 15 is 0 Å². The number of nitrogens with zero attached hydrogens (tertiary/aromatic N) is 1. The van der Waals surface area contributed by atoms with Gasteiger partial charge in [0, 0.05) is 23.0 Å².